The molecule has 0 bridgehead atoms. The van der Waals surface area contributed by atoms with Crippen LogP contribution in [-0.4, -0.2) is 27.8 Å². The SMILES string of the molecule is COc1cc(CNC(=O)c2cnn(Cc3ccccc3Cl)c2)ccc1OCc1ccncc1. The van der Waals surface area contributed by atoms with E-state index in [0.29, 0.717) is 41.8 Å². The maximum atomic E-state index is 12.6. The number of nitrogens with zero attached hydrogens (tertiary/aromatic N) is 3. The summed E-state index contributed by atoms with van der Waals surface area (Å²) in [6.45, 7) is 1.24. The van der Waals surface area contributed by atoms with Gasteiger partial charge in [-0.2, -0.15) is 5.10 Å². The van der Waals surface area contributed by atoms with Crippen molar-refractivity contribution in [2.75, 3.05) is 7.11 Å². The van der Waals surface area contributed by atoms with Gasteiger partial charge in [0.1, 0.15) is 6.61 Å². The van der Waals surface area contributed by atoms with Gasteiger partial charge in [0, 0.05) is 30.2 Å². The predicted octanol–water partition coefficient (Wildman–Crippen LogP) is 4.50. The Morgan fingerprint density at radius 2 is 1.88 bits per heavy atom. The van der Waals surface area contributed by atoms with Crippen molar-refractivity contribution in [3.8, 4) is 11.5 Å². The summed E-state index contributed by atoms with van der Waals surface area (Å²) in [6, 6.07) is 16.9. The minimum absolute atomic E-state index is 0.211. The molecule has 8 heteroatoms. The smallest absolute Gasteiger partial charge is 0.254 e. The molecule has 0 radical (unpaired) electrons. The Labute approximate surface area is 196 Å². The summed E-state index contributed by atoms with van der Waals surface area (Å²) in [4.78, 5) is 16.6. The van der Waals surface area contributed by atoms with Gasteiger partial charge >= 0.3 is 0 Å². The third-order valence-corrected chi connectivity index (χ3v) is 5.38. The lowest BCUT2D eigenvalue weighted by atomic mass is 10.2. The predicted molar refractivity (Wildman–Crippen MR) is 126 cm³/mol. The van der Waals surface area contributed by atoms with Gasteiger partial charge in [0.2, 0.25) is 0 Å². The van der Waals surface area contributed by atoms with Gasteiger partial charge in [-0.25, -0.2) is 0 Å². The van der Waals surface area contributed by atoms with E-state index in [9.17, 15) is 4.79 Å². The minimum Gasteiger partial charge on any atom is -0.493 e. The minimum atomic E-state index is -0.211. The Hall–Kier alpha value is -3.84. The molecule has 4 aromatic rings. The normalized spacial score (nSPS) is 10.6. The van der Waals surface area contributed by atoms with Crippen molar-refractivity contribution < 1.29 is 14.3 Å². The maximum Gasteiger partial charge on any atom is 0.254 e. The van der Waals surface area contributed by atoms with Crippen LogP contribution in [0.3, 0.4) is 0 Å². The molecule has 0 spiro atoms. The van der Waals surface area contributed by atoms with Gasteiger partial charge < -0.3 is 14.8 Å². The lowest BCUT2D eigenvalue weighted by molar-refractivity contribution is 0.0950. The number of methoxy groups -OCH3 is 1. The van der Waals surface area contributed by atoms with E-state index < -0.39 is 0 Å². The standard InChI is InChI=1S/C25H23ClN4O3/c1-32-24-12-19(6-7-23(24)33-17-18-8-10-27-11-9-18)13-28-25(31)21-14-29-30(16-21)15-20-4-2-3-5-22(20)26/h2-12,14,16H,13,15,17H2,1H3,(H,28,31). The molecule has 33 heavy (non-hydrogen) atoms. The fourth-order valence-corrected chi connectivity index (χ4v) is 3.43. The van der Waals surface area contributed by atoms with E-state index in [1.54, 1.807) is 36.6 Å². The highest BCUT2D eigenvalue weighted by molar-refractivity contribution is 6.31. The van der Waals surface area contributed by atoms with Crippen molar-refractivity contribution in [1.82, 2.24) is 20.1 Å². The molecule has 0 saturated heterocycles. The van der Waals surface area contributed by atoms with Crippen molar-refractivity contribution in [2.45, 2.75) is 19.7 Å². The second kappa shape index (κ2) is 10.7. The van der Waals surface area contributed by atoms with Crippen LogP contribution >= 0.6 is 11.6 Å². The van der Waals surface area contributed by atoms with Crippen LogP contribution in [-0.2, 0) is 19.7 Å². The number of benzene rings is 2. The average molecular weight is 463 g/mol. The summed E-state index contributed by atoms with van der Waals surface area (Å²) >= 11 is 6.21. The quantitative estimate of drug-likeness (QED) is 0.396. The molecule has 7 nitrogen and oxygen atoms in total. The summed E-state index contributed by atoms with van der Waals surface area (Å²) in [7, 11) is 1.59. The van der Waals surface area contributed by atoms with Crippen LogP contribution in [0.2, 0.25) is 5.02 Å². The molecule has 0 fully saturated rings. The fourth-order valence-electron chi connectivity index (χ4n) is 3.23. The third-order valence-electron chi connectivity index (χ3n) is 5.01. The number of rotatable bonds is 9. The Balaban J connectivity index is 1.34. The number of aromatic nitrogens is 3. The first kappa shape index (κ1) is 22.4. The lowest BCUT2D eigenvalue weighted by Crippen LogP contribution is -2.22. The number of carbonyl (C=O) groups excluding carboxylic acids is 1. The molecule has 0 aliphatic rings. The van der Waals surface area contributed by atoms with Crippen LogP contribution in [0, 0.1) is 0 Å². The lowest BCUT2D eigenvalue weighted by Gasteiger charge is -2.12. The topological polar surface area (TPSA) is 78.3 Å². The van der Waals surface area contributed by atoms with E-state index in [-0.39, 0.29) is 5.91 Å². The van der Waals surface area contributed by atoms with Gasteiger partial charge in [-0.15, -0.1) is 0 Å². The fraction of sp³-hybridized carbons (Fsp3) is 0.160. The van der Waals surface area contributed by atoms with Gasteiger partial charge in [-0.3, -0.25) is 14.5 Å². The monoisotopic (exact) mass is 462 g/mol. The molecular weight excluding hydrogens is 440 g/mol. The van der Waals surface area contributed by atoms with Crippen LogP contribution < -0.4 is 14.8 Å². The van der Waals surface area contributed by atoms with E-state index in [1.807, 2.05) is 54.6 Å². The van der Waals surface area contributed by atoms with Gasteiger partial charge in [0.15, 0.2) is 11.5 Å². The number of nitrogens with one attached hydrogen (secondary N) is 1. The first-order valence-corrected chi connectivity index (χ1v) is 10.7. The summed E-state index contributed by atoms with van der Waals surface area (Å²) in [5.74, 6) is 1.02. The molecule has 168 valence electrons. The number of carbonyl (C=O) groups is 1. The highest BCUT2D eigenvalue weighted by atomic mass is 35.5. The molecular formula is C25H23ClN4O3. The van der Waals surface area contributed by atoms with Crippen LogP contribution in [0.5, 0.6) is 11.5 Å². The number of hydrogen-bond acceptors (Lipinski definition) is 5. The van der Waals surface area contributed by atoms with Crippen LogP contribution in [0.25, 0.3) is 0 Å². The number of halogens is 1. The molecule has 4 rings (SSSR count). The van der Waals surface area contributed by atoms with E-state index in [2.05, 4.69) is 15.4 Å². The number of pyridine rings is 1. The summed E-state index contributed by atoms with van der Waals surface area (Å²) < 4.78 is 13.0. The number of ether oxygens (including phenoxy) is 2. The Morgan fingerprint density at radius 3 is 2.67 bits per heavy atom. The van der Waals surface area contributed by atoms with E-state index in [0.717, 1.165) is 16.7 Å². The summed E-state index contributed by atoms with van der Waals surface area (Å²) in [5.41, 5.74) is 3.32. The third kappa shape index (κ3) is 5.90. The molecule has 1 N–H and O–H groups in total. The van der Waals surface area contributed by atoms with Gasteiger partial charge in [0.25, 0.3) is 5.91 Å². The molecule has 2 aromatic heterocycles. The van der Waals surface area contributed by atoms with Crippen LogP contribution in [0.4, 0.5) is 0 Å². The van der Waals surface area contributed by atoms with Crippen LogP contribution in [0.15, 0.2) is 79.4 Å². The molecule has 1 amide bonds. The van der Waals surface area contributed by atoms with Gasteiger partial charge in [0.05, 0.1) is 25.4 Å². The molecule has 2 heterocycles. The first-order valence-electron chi connectivity index (χ1n) is 10.3. The Bertz CT molecular complexity index is 1230. The van der Waals surface area contributed by atoms with Gasteiger partial charge in [-0.1, -0.05) is 35.9 Å². The highest BCUT2D eigenvalue weighted by Crippen LogP contribution is 2.29. The van der Waals surface area contributed by atoms with E-state index in [1.165, 1.54) is 0 Å². The molecule has 2 aromatic carbocycles. The molecule has 0 aliphatic heterocycles. The first-order chi connectivity index (χ1) is 16.1. The van der Waals surface area contributed by atoms with Crippen molar-refractivity contribution in [3.63, 3.8) is 0 Å². The highest BCUT2D eigenvalue weighted by Gasteiger charge is 2.11. The van der Waals surface area contributed by atoms with Crippen molar-refractivity contribution in [2.24, 2.45) is 0 Å². The summed E-state index contributed by atoms with van der Waals surface area (Å²) in [5, 5.41) is 7.85. The molecule has 0 saturated carbocycles. The zero-order valence-electron chi connectivity index (χ0n) is 18.1. The molecule has 0 unspecified atom stereocenters. The van der Waals surface area contributed by atoms with Crippen molar-refractivity contribution in [3.05, 3.63) is 107 Å². The van der Waals surface area contributed by atoms with E-state index >= 15 is 0 Å². The number of amides is 1. The zero-order chi connectivity index (χ0) is 23.0. The Kier molecular flexibility index (Phi) is 7.22. The molecule has 0 atom stereocenters. The second-order valence-electron chi connectivity index (χ2n) is 7.33. The van der Waals surface area contributed by atoms with Crippen molar-refractivity contribution >= 4 is 17.5 Å². The summed E-state index contributed by atoms with van der Waals surface area (Å²) in [6.07, 6.45) is 6.70. The average Bonchev–Trinajstić information content (AvgIpc) is 3.32. The van der Waals surface area contributed by atoms with Gasteiger partial charge in [-0.05, 0) is 47.0 Å². The maximum absolute atomic E-state index is 12.6. The van der Waals surface area contributed by atoms with Crippen LogP contribution in [0.1, 0.15) is 27.0 Å². The Morgan fingerprint density at radius 1 is 1.06 bits per heavy atom. The second-order valence-corrected chi connectivity index (χ2v) is 7.74. The largest absolute Gasteiger partial charge is 0.493 e. The zero-order valence-corrected chi connectivity index (χ0v) is 18.8. The van der Waals surface area contributed by atoms with Crippen molar-refractivity contribution in [1.29, 1.82) is 0 Å². The van der Waals surface area contributed by atoms with E-state index in [4.69, 9.17) is 21.1 Å². The molecule has 0 aliphatic carbocycles. The number of hydrogen-bond donors (Lipinski definition) is 1.